The van der Waals surface area contributed by atoms with Gasteiger partial charge in [-0.1, -0.05) is 17.7 Å². The molecule has 2 heterocycles. The summed E-state index contributed by atoms with van der Waals surface area (Å²) in [6, 6.07) is 4.46. The summed E-state index contributed by atoms with van der Waals surface area (Å²) in [5, 5.41) is 0. The highest BCUT2D eigenvalue weighted by atomic mass is 32.2. The predicted octanol–water partition coefficient (Wildman–Crippen LogP) is 2.04. The maximum atomic E-state index is 12.6. The fraction of sp³-hybridized carbons (Fsp3) is 0.632. The smallest absolute Gasteiger partial charge is 0.233 e. The molecule has 26 heavy (non-hydrogen) atoms. The van der Waals surface area contributed by atoms with Crippen LogP contribution >= 0.6 is 11.8 Å². The molecule has 2 saturated heterocycles. The number of carbonyl (C=O) groups is 1. The Hall–Kier alpha value is -1.05. The normalized spacial score (nSPS) is 23.3. The number of amides is 1. The first-order valence-electron chi connectivity index (χ1n) is 9.18. The van der Waals surface area contributed by atoms with E-state index in [0.717, 1.165) is 19.5 Å². The van der Waals surface area contributed by atoms with Crippen LogP contribution in [0.25, 0.3) is 0 Å². The highest BCUT2D eigenvalue weighted by Crippen LogP contribution is 2.28. The zero-order valence-corrected chi connectivity index (χ0v) is 17.5. The molecule has 5 nitrogen and oxygen atoms in total. The van der Waals surface area contributed by atoms with Crippen molar-refractivity contribution in [1.82, 2.24) is 9.80 Å². The van der Waals surface area contributed by atoms with Crippen LogP contribution in [0.1, 0.15) is 23.1 Å². The maximum Gasteiger partial charge on any atom is 0.233 e. The van der Waals surface area contributed by atoms with Crippen molar-refractivity contribution in [1.29, 1.82) is 0 Å². The van der Waals surface area contributed by atoms with Crippen LogP contribution in [0, 0.1) is 20.8 Å². The summed E-state index contributed by atoms with van der Waals surface area (Å²) in [5.41, 5.74) is 3.71. The third-order valence-electron chi connectivity index (χ3n) is 5.34. The van der Waals surface area contributed by atoms with Gasteiger partial charge in [0.2, 0.25) is 5.91 Å². The highest BCUT2D eigenvalue weighted by molar-refractivity contribution is 8.00. The van der Waals surface area contributed by atoms with Gasteiger partial charge in [-0.25, -0.2) is 8.42 Å². The Balaban J connectivity index is 1.50. The molecule has 0 saturated carbocycles. The Kier molecular flexibility index (Phi) is 5.99. The number of carbonyl (C=O) groups excluding carboxylic acids is 1. The second-order valence-corrected chi connectivity index (χ2v) is 10.7. The SMILES string of the molecule is Cc1cc(C)c(SCC(=O)N2CCN([C@H]3CCS(=O)(=O)C3)CC2)c(C)c1. The molecule has 0 spiro atoms. The number of nitrogens with zero attached hydrogens (tertiary/aromatic N) is 2. The zero-order valence-electron chi connectivity index (χ0n) is 15.8. The summed E-state index contributed by atoms with van der Waals surface area (Å²) in [5.74, 6) is 1.22. The number of aryl methyl sites for hydroxylation is 3. The number of piperazine rings is 1. The van der Waals surface area contributed by atoms with Gasteiger partial charge in [-0.05, 0) is 38.3 Å². The molecule has 1 aromatic rings. The minimum Gasteiger partial charge on any atom is -0.339 e. The van der Waals surface area contributed by atoms with Crippen molar-refractivity contribution in [2.45, 2.75) is 38.1 Å². The summed E-state index contributed by atoms with van der Waals surface area (Å²) in [7, 11) is -2.85. The quantitative estimate of drug-likeness (QED) is 0.729. The molecule has 2 aliphatic rings. The molecule has 7 heteroatoms. The number of thioether (sulfide) groups is 1. The molecule has 144 valence electrons. The van der Waals surface area contributed by atoms with Crippen molar-refractivity contribution in [2.75, 3.05) is 43.4 Å². The monoisotopic (exact) mass is 396 g/mol. The van der Waals surface area contributed by atoms with E-state index in [1.165, 1.54) is 21.6 Å². The minimum absolute atomic E-state index is 0.143. The Bertz CT molecular complexity index is 761. The molecule has 1 atom stereocenters. The largest absolute Gasteiger partial charge is 0.339 e. The lowest BCUT2D eigenvalue weighted by atomic mass is 10.1. The third kappa shape index (κ3) is 4.61. The van der Waals surface area contributed by atoms with Gasteiger partial charge in [-0.15, -0.1) is 11.8 Å². The topological polar surface area (TPSA) is 57.7 Å². The van der Waals surface area contributed by atoms with Gasteiger partial charge in [0.1, 0.15) is 0 Å². The summed E-state index contributed by atoms with van der Waals surface area (Å²) in [6.07, 6.45) is 0.734. The number of hydrogen-bond acceptors (Lipinski definition) is 5. The molecule has 2 aliphatic heterocycles. The van der Waals surface area contributed by atoms with E-state index >= 15 is 0 Å². The maximum absolute atomic E-state index is 12.6. The molecular formula is C19H28N2O3S2. The molecule has 0 N–H and O–H groups in total. The molecule has 0 bridgehead atoms. The van der Waals surface area contributed by atoms with Crippen molar-refractivity contribution in [3.63, 3.8) is 0 Å². The molecule has 1 amide bonds. The van der Waals surface area contributed by atoms with Gasteiger partial charge < -0.3 is 4.90 Å². The summed E-state index contributed by atoms with van der Waals surface area (Å²) >= 11 is 1.63. The standard InChI is InChI=1S/C19H28N2O3S2/c1-14-10-15(2)19(16(3)11-14)25-12-18(22)21-7-5-20(6-8-21)17-4-9-26(23,24)13-17/h10-11,17H,4-9,12-13H2,1-3H3/t17-/m0/s1. The predicted molar refractivity (Wildman–Crippen MR) is 107 cm³/mol. The van der Waals surface area contributed by atoms with Gasteiger partial charge in [0, 0.05) is 37.1 Å². The summed E-state index contributed by atoms with van der Waals surface area (Å²) < 4.78 is 23.3. The number of benzene rings is 1. The fourth-order valence-electron chi connectivity index (χ4n) is 4.02. The molecular weight excluding hydrogens is 368 g/mol. The first kappa shape index (κ1) is 19.7. The molecule has 2 fully saturated rings. The molecule has 1 aromatic carbocycles. The van der Waals surface area contributed by atoms with Crippen LogP contribution in [0.2, 0.25) is 0 Å². The van der Waals surface area contributed by atoms with Crippen molar-refractivity contribution in [3.8, 4) is 0 Å². The van der Waals surface area contributed by atoms with E-state index in [0.29, 0.717) is 24.6 Å². The molecule has 0 unspecified atom stereocenters. The molecule has 0 aromatic heterocycles. The molecule has 0 aliphatic carbocycles. The highest BCUT2D eigenvalue weighted by Gasteiger charge is 2.34. The van der Waals surface area contributed by atoms with Gasteiger partial charge in [-0.2, -0.15) is 0 Å². The lowest BCUT2D eigenvalue weighted by Gasteiger charge is -2.37. The lowest BCUT2D eigenvalue weighted by Crippen LogP contribution is -2.52. The Morgan fingerprint density at radius 2 is 1.73 bits per heavy atom. The first-order chi connectivity index (χ1) is 12.2. The zero-order chi connectivity index (χ0) is 18.9. The van der Waals surface area contributed by atoms with Gasteiger partial charge in [-0.3, -0.25) is 9.69 Å². The van der Waals surface area contributed by atoms with E-state index in [1.807, 2.05) is 4.90 Å². The number of hydrogen-bond donors (Lipinski definition) is 0. The van der Waals surface area contributed by atoms with Crippen molar-refractivity contribution in [3.05, 3.63) is 28.8 Å². The summed E-state index contributed by atoms with van der Waals surface area (Å²) in [6.45, 7) is 9.24. The van der Waals surface area contributed by atoms with Crippen LogP contribution in [-0.4, -0.2) is 73.6 Å². The third-order valence-corrected chi connectivity index (χ3v) is 8.41. The van der Waals surface area contributed by atoms with Gasteiger partial charge in [0.25, 0.3) is 0 Å². The van der Waals surface area contributed by atoms with E-state index in [9.17, 15) is 13.2 Å². The first-order valence-corrected chi connectivity index (χ1v) is 12.0. The van der Waals surface area contributed by atoms with Gasteiger partial charge in [0.15, 0.2) is 9.84 Å². The van der Waals surface area contributed by atoms with Crippen LogP contribution in [0.4, 0.5) is 0 Å². The van der Waals surface area contributed by atoms with Crippen LogP contribution in [0.15, 0.2) is 17.0 Å². The average Bonchev–Trinajstić information content (AvgIpc) is 2.94. The van der Waals surface area contributed by atoms with Gasteiger partial charge >= 0.3 is 0 Å². The van der Waals surface area contributed by atoms with Crippen molar-refractivity contribution < 1.29 is 13.2 Å². The van der Waals surface area contributed by atoms with Crippen LogP contribution < -0.4 is 0 Å². The van der Waals surface area contributed by atoms with Crippen molar-refractivity contribution in [2.24, 2.45) is 0 Å². The van der Waals surface area contributed by atoms with Crippen molar-refractivity contribution >= 4 is 27.5 Å². The van der Waals surface area contributed by atoms with Crippen LogP contribution in [0.3, 0.4) is 0 Å². The second kappa shape index (κ2) is 7.90. The minimum atomic E-state index is -2.85. The Morgan fingerprint density at radius 3 is 2.27 bits per heavy atom. The lowest BCUT2D eigenvalue weighted by molar-refractivity contribution is -0.130. The van der Waals surface area contributed by atoms with E-state index in [-0.39, 0.29) is 17.7 Å². The average molecular weight is 397 g/mol. The van der Waals surface area contributed by atoms with E-state index in [2.05, 4.69) is 37.8 Å². The summed E-state index contributed by atoms with van der Waals surface area (Å²) in [4.78, 5) is 18.0. The van der Waals surface area contributed by atoms with E-state index < -0.39 is 9.84 Å². The van der Waals surface area contributed by atoms with Crippen LogP contribution in [0.5, 0.6) is 0 Å². The Labute approximate surface area is 161 Å². The number of sulfone groups is 1. The van der Waals surface area contributed by atoms with Gasteiger partial charge in [0.05, 0.1) is 17.3 Å². The second-order valence-electron chi connectivity index (χ2n) is 7.49. The van der Waals surface area contributed by atoms with E-state index in [1.54, 1.807) is 11.8 Å². The van der Waals surface area contributed by atoms with E-state index in [4.69, 9.17) is 0 Å². The Morgan fingerprint density at radius 1 is 1.12 bits per heavy atom. The molecule has 0 radical (unpaired) electrons. The number of rotatable bonds is 4. The molecule has 3 rings (SSSR count). The fourth-order valence-corrected chi connectivity index (χ4v) is 6.80. The van der Waals surface area contributed by atoms with Crippen LogP contribution in [-0.2, 0) is 14.6 Å².